The van der Waals surface area contributed by atoms with E-state index in [9.17, 15) is 9.18 Å². The molecular formula is C19H20FNO2. The zero-order chi connectivity index (χ0) is 16.3. The fourth-order valence-electron chi connectivity index (χ4n) is 3.12. The topological polar surface area (TPSA) is 38.3 Å². The van der Waals surface area contributed by atoms with E-state index in [0.717, 1.165) is 36.1 Å². The van der Waals surface area contributed by atoms with E-state index in [0.29, 0.717) is 6.61 Å². The van der Waals surface area contributed by atoms with E-state index in [-0.39, 0.29) is 11.7 Å². The number of halogens is 1. The Morgan fingerprint density at radius 2 is 2.00 bits per heavy atom. The Labute approximate surface area is 135 Å². The van der Waals surface area contributed by atoms with E-state index in [1.165, 1.54) is 12.1 Å². The largest absolute Gasteiger partial charge is 0.380 e. The standard InChI is InChI=1S/C19H20FNO2/c1-23-13-14-5-2-8-17(11-14)21-18(22)19(9-4-10-19)15-6-3-7-16(20)12-15/h2-3,5-8,11-12H,4,9-10,13H2,1H3,(H,21,22). The van der Waals surface area contributed by atoms with Crippen LogP contribution in [-0.4, -0.2) is 13.0 Å². The van der Waals surface area contributed by atoms with Crippen LogP contribution in [0.1, 0.15) is 30.4 Å². The first-order valence-electron chi connectivity index (χ1n) is 7.79. The van der Waals surface area contributed by atoms with Crippen molar-refractivity contribution >= 4 is 11.6 Å². The second-order valence-electron chi connectivity index (χ2n) is 6.03. The van der Waals surface area contributed by atoms with Gasteiger partial charge in [0, 0.05) is 12.8 Å². The molecule has 3 nitrogen and oxygen atoms in total. The van der Waals surface area contributed by atoms with Gasteiger partial charge in [-0.05, 0) is 48.2 Å². The molecular weight excluding hydrogens is 293 g/mol. The number of methoxy groups -OCH3 is 1. The highest BCUT2D eigenvalue weighted by atomic mass is 19.1. The molecule has 23 heavy (non-hydrogen) atoms. The lowest BCUT2D eigenvalue weighted by Gasteiger charge is -2.40. The summed E-state index contributed by atoms with van der Waals surface area (Å²) in [5.74, 6) is -0.368. The Morgan fingerprint density at radius 1 is 1.22 bits per heavy atom. The first kappa shape index (κ1) is 15.7. The fraction of sp³-hybridized carbons (Fsp3) is 0.316. The third-order valence-corrected chi connectivity index (χ3v) is 4.51. The Morgan fingerprint density at radius 3 is 2.65 bits per heavy atom. The smallest absolute Gasteiger partial charge is 0.235 e. The zero-order valence-corrected chi connectivity index (χ0v) is 13.1. The summed E-state index contributed by atoms with van der Waals surface area (Å²) < 4.78 is 18.7. The number of carbonyl (C=O) groups excluding carboxylic acids is 1. The SMILES string of the molecule is COCc1cccc(NC(=O)C2(c3cccc(F)c3)CCC2)c1. The van der Waals surface area contributed by atoms with Crippen molar-refractivity contribution in [2.45, 2.75) is 31.3 Å². The van der Waals surface area contributed by atoms with Crippen molar-refractivity contribution in [3.63, 3.8) is 0 Å². The van der Waals surface area contributed by atoms with Gasteiger partial charge < -0.3 is 10.1 Å². The maximum Gasteiger partial charge on any atom is 0.235 e. The summed E-state index contributed by atoms with van der Waals surface area (Å²) in [4.78, 5) is 12.8. The minimum Gasteiger partial charge on any atom is -0.380 e. The monoisotopic (exact) mass is 313 g/mol. The number of ether oxygens (including phenoxy) is 1. The van der Waals surface area contributed by atoms with Gasteiger partial charge in [0.1, 0.15) is 5.82 Å². The predicted octanol–water partition coefficient (Wildman–Crippen LogP) is 4.03. The number of carbonyl (C=O) groups is 1. The van der Waals surface area contributed by atoms with Crippen LogP contribution < -0.4 is 5.32 Å². The predicted molar refractivity (Wildman–Crippen MR) is 87.7 cm³/mol. The fourth-order valence-corrected chi connectivity index (χ4v) is 3.12. The molecule has 2 aromatic rings. The van der Waals surface area contributed by atoms with Gasteiger partial charge in [0.2, 0.25) is 5.91 Å². The summed E-state index contributed by atoms with van der Waals surface area (Å²) in [7, 11) is 1.64. The van der Waals surface area contributed by atoms with E-state index in [1.807, 2.05) is 30.3 Å². The van der Waals surface area contributed by atoms with E-state index in [4.69, 9.17) is 4.74 Å². The highest BCUT2D eigenvalue weighted by Crippen LogP contribution is 2.44. The van der Waals surface area contributed by atoms with Crippen molar-refractivity contribution in [2.24, 2.45) is 0 Å². The van der Waals surface area contributed by atoms with E-state index in [2.05, 4.69) is 5.32 Å². The number of nitrogens with one attached hydrogen (secondary N) is 1. The average Bonchev–Trinajstić information content (AvgIpc) is 2.47. The van der Waals surface area contributed by atoms with E-state index < -0.39 is 5.41 Å². The number of anilines is 1. The van der Waals surface area contributed by atoms with Gasteiger partial charge in [-0.25, -0.2) is 4.39 Å². The zero-order valence-electron chi connectivity index (χ0n) is 13.1. The molecule has 0 spiro atoms. The molecule has 0 aliphatic heterocycles. The van der Waals surface area contributed by atoms with Crippen LogP contribution in [0, 0.1) is 5.82 Å². The molecule has 1 saturated carbocycles. The number of rotatable bonds is 5. The van der Waals surface area contributed by atoms with Gasteiger partial charge in [0.15, 0.2) is 0 Å². The first-order valence-corrected chi connectivity index (χ1v) is 7.79. The Balaban J connectivity index is 1.82. The normalized spacial score (nSPS) is 15.7. The third-order valence-electron chi connectivity index (χ3n) is 4.51. The summed E-state index contributed by atoms with van der Waals surface area (Å²) in [5, 5.41) is 2.98. The summed E-state index contributed by atoms with van der Waals surface area (Å²) in [5.41, 5.74) is 1.89. The van der Waals surface area contributed by atoms with Gasteiger partial charge >= 0.3 is 0 Å². The van der Waals surface area contributed by atoms with Crippen LogP contribution in [0.2, 0.25) is 0 Å². The Hall–Kier alpha value is -2.20. The Kier molecular flexibility index (Phi) is 4.44. The second kappa shape index (κ2) is 6.50. The van der Waals surface area contributed by atoms with Crippen molar-refractivity contribution in [2.75, 3.05) is 12.4 Å². The maximum absolute atomic E-state index is 13.5. The van der Waals surface area contributed by atoms with Crippen molar-refractivity contribution in [1.29, 1.82) is 0 Å². The highest BCUT2D eigenvalue weighted by Gasteiger charge is 2.45. The molecule has 4 heteroatoms. The lowest BCUT2D eigenvalue weighted by molar-refractivity contribution is -0.124. The molecule has 1 fully saturated rings. The van der Waals surface area contributed by atoms with Gasteiger partial charge in [0.25, 0.3) is 0 Å². The van der Waals surface area contributed by atoms with Crippen molar-refractivity contribution in [3.05, 3.63) is 65.5 Å². The van der Waals surface area contributed by atoms with Crippen molar-refractivity contribution in [3.8, 4) is 0 Å². The lowest BCUT2D eigenvalue weighted by Crippen LogP contribution is -2.46. The number of hydrogen-bond acceptors (Lipinski definition) is 2. The number of amides is 1. The summed E-state index contributed by atoms with van der Waals surface area (Å²) >= 11 is 0. The molecule has 0 radical (unpaired) electrons. The molecule has 0 unspecified atom stereocenters. The number of benzene rings is 2. The van der Waals surface area contributed by atoms with Gasteiger partial charge in [-0.1, -0.05) is 30.7 Å². The summed E-state index contributed by atoms with van der Waals surface area (Å²) in [6, 6.07) is 14.0. The minimum atomic E-state index is -0.612. The summed E-state index contributed by atoms with van der Waals surface area (Å²) in [6.07, 6.45) is 2.48. The lowest BCUT2D eigenvalue weighted by atomic mass is 9.63. The molecule has 120 valence electrons. The van der Waals surface area contributed by atoms with Crippen LogP contribution in [0.5, 0.6) is 0 Å². The van der Waals surface area contributed by atoms with Gasteiger partial charge in [-0.3, -0.25) is 4.79 Å². The quantitative estimate of drug-likeness (QED) is 0.905. The van der Waals surface area contributed by atoms with Crippen molar-refractivity contribution in [1.82, 2.24) is 0 Å². The molecule has 2 aromatic carbocycles. The van der Waals surface area contributed by atoms with Crippen LogP contribution in [0.3, 0.4) is 0 Å². The molecule has 1 aliphatic rings. The van der Waals surface area contributed by atoms with Crippen LogP contribution >= 0.6 is 0 Å². The van der Waals surface area contributed by atoms with Gasteiger partial charge in [0.05, 0.1) is 12.0 Å². The van der Waals surface area contributed by atoms with E-state index in [1.54, 1.807) is 13.2 Å². The minimum absolute atomic E-state index is 0.0658. The maximum atomic E-state index is 13.5. The third kappa shape index (κ3) is 3.13. The second-order valence-corrected chi connectivity index (χ2v) is 6.03. The molecule has 0 atom stereocenters. The van der Waals surface area contributed by atoms with Gasteiger partial charge in [-0.15, -0.1) is 0 Å². The van der Waals surface area contributed by atoms with Crippen LogP contribution in [0.4, 0.5) is 10.1 Å². The molecule has 1 aliphatic carbocycles. The van der Waals surface area contributed by atoms with Crippen molar-refractivity contribution < 1.29 is 13.9 Å². The van der Waals surface area contributed by atoms with Gasteiger partial charge in [-0.2, -0.15) is 0 Å². The molecule has 1 amide bonds. The molecule has 0 aromatic heterocycles. The highest BCUT2D eigenvalue weighted by molar-refractivity contribution is 6.00. The van der Waals surface area contributed by atoms with Crippen LogP contribution in [0.25, 0.3) is 0 Å². The van der Waals surface area contributed by atoms with Crippen LogP contribution in [0.15, 0.2) is 48.5 Å². The molecule has 1 N–H and O–H groups in total. The Bertz CT molecular complexity index is 710. The van der Waals surface area contributed by atoms with Crippen LogP contribution in [-0.2, 0) is 21.6 Å². The molecule has 0 heterocycles. The average molecular weight is 313 g/mol. The molecule has 0 saturated heterocycles. The summed E-state index contributed by atoms with van der Waals surface area (Å²) in [6.45, 7) is 0.499. The first-order chi connectivity index (χ1) is 11.1. The number of hydrogen-bond donors (Lipinski definition) is 1. The molecule has 3 rings (SSSR count). The molecule has 0 bridgehead atoms. The van der Waals surface area contributed by atoms with E-state index >= 15 is 0 Å².